The largest absolute Gasteiger partial charge is 0.383 e. The van der Waals surface area contributed by atoms with E-state index in [4.69, 9.17) is 14.5 Å². The first-order chi connectivity index (χ1) is 15.2. The minimum Gasteiger partial charge on any atom is -0.383 e. The number of rotatable bonds is 7. The minimum absolute atomic E-state index is 0.419. The van der Waals surface area contributed by atoms with E-state index < -0.39 is 0 Å². The van der Waals surface area contributed by atoms with Crippen LogP contribution in [0, 0.1) is 12.8 Å². The number of aliphatic imine (C=N–C) groups is 1. The van der Waals surface area contributed by atoms with Gasteiger partial charge in [-0.05, 0) is 55.9 Å². The molecule has 2 N–H and O–H groups in total. The van der Waals surface area contributed by atoms with Crippen LogP contribution in [0.4, 0.5) is 5.69 Å². The van der Waals surface area contributed by atoms with Gasteiger partial charge in [-0.3, -0.25) is 9.89 Å². The second-order valence-corrected chi connectivity index (χ2v) is 10.0. The highest BCUT2D eigenvalue weighted by atomic mass is 32.2. The number of fused-ring (bicyclic) bond motifs is 1. The predicted molar refractivity (Wildman–Crippen MR) is 130 cm³/mol. The molecule has 6 nitrogen and oxygen atoms in total. The number of aryl methyl sites for hydroxylation is 1. The topological polar surface area (TPSA) is 61.9 Å². The molecular weight excluding hydrogens is 408 g/mol. The average Bonchev–Trinajstić information content (AvgIpc) is 3.44. The Bertz CT molecular complexity index is 916. The van der Waals surface area contributed by atoms with Crippen molar-refractivity contribution in [3.8, 4) is 0 Å². The summed E-state index contributed by atoms with van der Waals surface area (Å²) < 4.78 is 11.0. The molecule has 2 fully saturated rings. The third-order valence-electron chi connectivity index (χ3n) is 6.62. The molecule has 3 aliphatic rings. The van der Waals surface area contributed by atoms with Gasteiger partial charge in [-0.1, -0.05) is 0 Å². The molecule has 0 bridgehead atoms. The van der Waals surface area contributed by atoms with E-state index in [-0.39, 0.29) is 0 Å². The molecule has 1 unspecified atom stereocenters. The number of nitrogens with zero attached hydrogens (tertiary/aromatic N) is 2. The van der Waals surface area contributed by atoms with Crippen LogP contribution in [0.3, 0.4) is 0 Å². The van der Waals surface area contributed by atoms with Gasteiger partial charge in [0.05, 0.1) is 36.2 Å². The normalized spacial score (nSPS) is 23.4. The molecule has 0 spiro atoms. The van der Waals surface area contributed by atoms with Gasteiger partial charge in [-0.15, -0.1) is 11.8 Å². The highest BCUT2D eigenvalue weighted by Gasteiger charge is 2.23. The summed E-state index contributed by atoms with van der Waals surface area (Å²) in [5.74, 6) is 1.78. The molecule has 31 heavy (non-hydrogen) atoms. The summed E-state index contributed by atoms with van der Waals surface area (Å²) in [5, 5.41) is 6.15. The van der Waals surface area contributed by atoms with Crippen LogP contribution < -0.4 is 5.32 Å². The van der Waals surface area contributed by atoms with Gasteiger partial charge in [-0.25, -0.2) is 0 Å². The summed E-state index contributed by atoms with van der Waals surface area (Å²) in [6, 6.07) is 7.22. The predicted octanol–water partition coefficient (Wildman–Crippen LogP) is 3.90. The molecule has 5 rings (SSSR count). The summed E-state index contributed by atoms with van der Waals surface area (Å²) in [5.41, 5.74) is 4.86. The maximum atomic E-state index is 5.50. The van der Waals surface area contributed by atoms with Crippen molar-refractivity contribution in [3.63, 3.8) is 0 Å². The molecule has 3 aliphatic heterocycles. The van der Waals surface area contributed by atoms with Crippen molar-refractivity contribution in [3.05, 3.63) is 29.5 Å². The first kappa shape index (κ1) is 21.3. The standard InChI is InChI=1S/C24H34N4O2S/c1-17-12-19-14-22(24-26-20(16-31-24)2-5-28-6-10-30-11-7-28)27-23(19)21(13-17)25-15-18-3-8-29-9-4-18/h12-14,18,20,25,27H,2-11,15-16H2,1H3. The Hall–Kier alpha value is -1.54. The van der Waals surface area contributed by atoms with Crippen molar-refractivity contribution in [2.24, 2.45) is 10.9 Å². The zero-order valence-corrected chi connectivity index (χ0v) is 19.3. The van der Waals surface area contributed by atoms with Gasteiger partial charge in [0.1, 0.15) is 5.04 Å². The van der Waals surface area contributed by atoms with Crippen LogP contribution in [-0.2, 0) is 9.47 Å². The van der Waals surface area contributed by atoms with Crippen LogP contribution >= 0.6 is 11.8 Å². The number of aromatic amines is 1. The number of anilines is 1. The van der Waals surface area contributed by atoms with E-state index in [0.29, 0.717) is 12.0 Å². The Labute approximate surface area is 189 Å². The van der Waals surface area contributed by atoms with Crippen LogP contribution in [0.25, 0.3) is 10.9 Å². The van der Waals surface area contributed by atoms with Crippen molar-refractivity contribution >= 4 is 33.4 Å². The number of aromatic nitrogens is 1. The van der Waals surface area contributed by atoms with Crippen LogP contribution in [-0.4, -0.2) is 79.3 Å². The smallest absolute Gasteiger partial charge is 0.114 e. The highest BCUT2D eigenvalue weighted by molar-refractivity contribution is 8.14. The Morgan fingerprint density at radius 1 is 1.13 bits per heavy atom. The van der Waals surface area contributed by atoms with Crippen molar-refractivity contribution in [1.82, 2.24) is 9.88 Å². The zero-order valence-electron chi connectivity index (χ0n) is 18.5. The van der Waals surface area contributed by atoms with Crippen LogP contribution in [0.2, 0.25) is 0 Å². The van der Waals surface area contributed by atoms with E-state index >= 15 is 0 Å². The van der Waals surface area contributed by atoms with Gasteiger partial charge >= 0.3 is 0 Å². The lowest BCUT2D eigenvalue weighted by molar-refractivity contribution is 0.0369. The number of morpholine rings is 1. The van der Waals surface area contributed by atoms with Gasteiger partial charge in [0.25, 0.3) is 0 Å². The highest BCUT2D eigenvalue weighted by Crippen LogP contribution is 2.31. The second-order valence-electron chi connectivity index (χ2n) is 9.04. The number of hydrogen-bond acceptors (Lipinski definition) is 6. The lowest BCUT2D eigenvalue weighted by Gasteiger charge is -2.26. The Morgan fingerprint density at radius 2 is 1.94 bits per heavy atom. The third kappa shape index (κ3) is 5.28. The average molecular weight is 443 g/mol. The SMILES string of the molecule is Cc1cc(NCC2CCOCC2)c2[nH]c(C3=NC(CCN4CCOCC4)CS3)cc2c1. The number of H-pyrrole nitrogens is 1. The third-order valence-corrected chi connectivity index (χ3v) is 7.77. The van der Waals surface area contributed by atoms with Crippen LogP contribution in [0.5, 0.6) is 0 Å². The fourth-order valence-corrected chi connectivity index (χ4v) is 5.80. The number of ether oxygens (including phenoxy) is 2. The quantitative estimate of drug-likeness (QED) is 0.681. The monoisotopic (exact) mass is 442 g/mol. The lowest BCUT2D eigenvalue weighted by Crippen LogP contribution is -2.37. The maximum absolute atomic E-state index is 5.50. The summed E-state index contributed by atoms with van der Waals surface area (Å²) in [4.78, 5) is 11.3. The molecule has 2 aromatic rings. The molecule has 0 saturated carbocycles. The molecule has 1 aromatic carbocycles. The van der Waals surface area contributed by atoms with E-state index in [1.165, 1.54) is 22.2 Å². The molecule has 7 heteroatoms. The Morgan fingerprint density at radius 3 is 2.77 bits per heavy atom. The maximum Gasteiger partial charge on any atom is 0.114 e. The summed E-state index contributed by atoms with van der Waals surface area (Å²) in [6.07, 6.45) is 3.43. The first-order valence-electron chi connectivity index (χ1n) is 11.7. The first-order valence-corrected chi connectivity index (χ1v) is 12.7. The van der Waals surface area contributed by atoms with Gasteiger partial charge in [0.15, 0.2) is 0 Å². The Kier molecular flexibility index (Phi) is 6.84. The fourth-order valence-electron chi connectivity index (χ4n) is 4.72. The van der Waals surface area contributed by atoms with E-state index in [2.05, 4.69) is 40.3 Å². The molecule has 0 amide bonds. The summed E-state index contributed by atoms with van der Waals surface area (Å²) in [6.45, 7) is 9.95. The van der Waals surface area contributed by atoms with E-state index in [1.54, 1.807) is 0 Å². The molecule has 2 saturated heterocycles. The molecule has 1 atom stereocenters. The fraction of sp³-hybridized carbons (Fsp3) is 0.625. The molecular formula is C24H34N4O2S. The van der Waals surface area contributed by atoms with Crippen molar-refractivity contribution < 1.29 is 9.47 Å². The van der Waals surface area contributed by atoms with E-state index in [9.17, 15) is 0 Å². The second kappa shape index (κ2) is 9.94. The van der Waals surface area contributed by atoms with Gasteiger partial charge in [0.2, 0.25) is 0 Å². The van der Waals surface area contributed by atoms with E-state index in [0.717, 1.165) is 88.4 Å². The molecule has 0 radical (unpaired) electrons. The Balaban J connectivity index is 1.26. The number of hydrogen-bond donors (Lipinski definition) is 2. The summed E-state index contributed by atoms with van der Waals surface area (Å²) >= 11 is 1.89. The summed E-state index contributed by atoms with van der Waals surface area (Å²) in [7, 11) is 0. The molecule has 1 aromatic heterocycles. The molecule has 0 aliphatic carbocycles. The molecule has 4 heterocycles. The van der Waals surface area contributed by atoms with Crippen molar-refractivity contribution in [1.29, 1.82) is 0 Å². The van der Waals surface area contributed by atoms with Crippen LogP contribution in [0.15, 0.2) is 23.2 Å². The zero-order chi connectivity index (χ0) is 21.0. The van der Waals surface area contributed by atoms with Gasteiger partial charge in [0, 0.05) is 50.5 Å². The lowest BCUT2D eigenvalue weighted by atomic mass is 10.0. The van der Waals surface area contributed by atoms with Crippen LogP contribution in [0.1, 0.15) is 30.5 Å². The number of benzene rings is 1. The van der Waals surface area contributed by atoms with Crippen molar-refractivity contribution in [2.45, 2.75) is 32.2 Å². The van der Waals surface area contributed by atoms with Gasteiger partial charge < -0.3 is 19.8 Å². The molecule has 168 valence electrons. The minimum atomic E-state index is 0.419. The van der Waals surface area contributed by atoms with Crippen molar-refractivity contribution in [2.75, 3.05) is 63.7 Å². The van der Waals surface area contributed by atoms with Gasteiger partial charge in [-0.2, -0.15) is 0 Å². The van der Waals surface area contributed by atoms with E-state index in [1.807, 2.05) is 11.8 Å². The number of thioether (sulfide) groups is 1. The number of nitrogens with one attached hydrogen (secondary N) is 2.